The maximum absolute atomic E-state index is 12.5. The van der Waals surface area contributed by atoms with Crippen LogP contribution in [0.3, 0.4) is 0 Å². The summed E-state index contributed by atoms with van der Waals surface area (Å²) in [6.45, 7) is 5.36. The third-order valence-electron chi connectivity index (χ3n) is 4.96. The molecule has 2 saturated heterocycles. The maximum Gasteiger partial charge on any atom is 0.322 e. The van der Waals surface area contributed by atoms with Gasteiger partial charge in [-0.05, 0) is 38.0 Å². The molecule has 2 fully saturated rings. The number of hydrogen-bond donors (Lipinski definition) is 2. The van der Waals surface area contributed by atoms with Crippen LogP contribution < -0.4 is 15.5 Å². The number of benzene rings is 1. The molecule has 1 aromatic rings. The standard InChI is InChI=1S/C17H24N4O4S/c1-12-3-4-14(11-15(12)21-8-6-18-16(21)22)19-17(23)20-7-5-13(2)26(24,25)10-9-20/h3-4,11,13H,5-10H2,1-2H3,(H,18,22)(H,19,23). The predicted octanol–water partition coefficient (Wildman–Crippen LogP) is 1.57. The van der Waals surface area contributed by atoms with Gasteiger partial charge in [0.1, 0.15) is 0 Å². The van der Waals surface area contributed by atoms with Gasteiger partial charge in [-0.3, -0.25) is 4.90 Å². The van der Waals surface area contributed by atoms with E-state index < -0.39 is 15.1 Å². The third kappa shape index (κ3) is 3.77. The van der Waals surface area contributed by atoms with E-state index in [2.05, 4.69) is 10.6 Å². The van der Waals surface area contributed by atoms with Crippen molar-refractivity contribution in [2.24, 2.45) is 0 Å². The van der Waals surface area contributed by atoms with Crippen molar-refractivity contribution in [2.45, 2.75) is 25.5 Å². The topological polar surface area (TPSA) is 98.8 Å². The Labute approximate surface area is 153 Å². The summed E-state index contributed by atoms with van der Waals surface area (Å²) >= 11 is 0. The van der Waals surface area contributed by atoms with Crippen molar-refractivity contribution in [1.82, 2.24) is 10.2 Å². The Morgan fingerprint density at radius 3 is 2.73 bits per heavy atom. The summed E-state index contributed by atoms with van der Waals surface area (Å²) in [5.74, 6) is -0.0192. The number of amides is 4. The lowest BCUT2D eigenvalue weighted by Gasteiger charge is -2.22. The van der Waals surface area contributed by atoms with Crippen molar-refractivity contribution in [3.63, 3.8) is 0 Å². The number of anilines is 2. The van der Waals surface area contributed by atoms with Gasteiger partial charge in [0.2, 0.25) is 0 Å². The first-order valence-corrected chi connectivity index (χ1v) is 10.4. The Kier molecular flexibility index (Phi) is 5.08. The van der Waals surface area contributed by atoms with Gasteiger partial charge in [-0.25, -0.2) is 18.0 Å². The van der Waals surface area contributed by atoms with Crippen LogP contribution in [0.5, 0.6) is 0 Å². The highest BCUT2D eigenvalue weighted by Crippen LogP contribution is 2.26. The van der Waals surface area contributed by atoms with Crippen molar-refractivity contribution in [1.29, 1.82) is 0 Å². The number of hydrogen-bond acceptors (Lipinski definition) is 4. The molecule has 2 aliphatic rings. The fourth-order valence-corrected chi connectivity index (χ4v) is 4.49. The smallest absolute Gasteiger partial charge is 0.322 e. The van der Waals surface area contributed by atoms with Gasteiger partial charge >= 0.3 is 12.1 Å². The Bertz CT molecular complexity index is 824. The molecule has 1 atom stereocenters. The van der Waals surface area contributed by atoms with Crippen LogP contribution in [0.2, 0.25) is 0 Å². The number of nitrogens with one attached hydrogen (secondary N) is 2. The molecular formula is C17H24N4O4S. The van der Waals surface area contributed by atoms with Crippen molar-refractivity contribution >= 4 is 33.3 Å². The third-order valence-corrected chi connectivity index (χ3v) is 7.17. The van der Waals surface area contributed by atoms with Gasteiger partial charge < -0.3 is 15.5 Å². The number of rotatable bonds is 2. The highest BCUT2D eigenvalue weighted by molar-refractivity contribution is 7.92. The van der Waals surface area contributed by atoms with E-state index in [0.717, 1.165) is 11.3 Å². The zero-order valence-electron chi connectivity index (χ0n) is 15.0. The van der Waals surface area contributed by atoms with Crippen LogP contribution in [0.4, 0.5) is 21.0 Å². The Balaban J connectivity index is 1.72. The Morgan fingerprint density at radius 1 is 1.27 bits per heavy atom. The van der Waals surface area contributed by atoms with E-state index in [-0.39, 0.29) is 24.4 Å². The molecule has 0 saturated carbocycles. The molecule has 0 bridgehead atoms. The summed E-state index contributed by atoms with van der Waals surface area (Å²) in [5.41, 5.74) is 2.27. The number of aryl methyl sites for hydroxylation is 1. The van der Waals surface area contributed by atoms with Crippen LogP contribution in [-0.2, 0) is 9.84 Å². The van der Waals surface area contributed by atoms with Crippen molar-refractivity contribution in [3.8, 4) is 0 Å². The maximum atomic E-state index is 12.5. The van der Waals surface area contributed by atoms with Crippen LogP contribution in [0, 0.1) is 6.92 Å². The summed E-state index contributed by atoms with van der Waals surface area (Å²) < 4.78 is 24.0. The predicted molar refractivity (Wildman–Crippen MR) is 100 cm³/mol. The van der Waals surface area contributed by atoms with Crippen molar-refractivity contribution < 1.29 is 18.0 Å². The van der Waals surface area contributed by atoms with E-state index in [0.29, 0.717) is 31.7 Å². The molecule has 0 radical (unpaired) electrons. The second-order valence-electron chi connectivity index (χ2n) is 6.77. The molecule has 3 rings (SSSR count). The summed E-state index contributed by atoms with van der Waals surface area (Å²) in [4.78, 5) is 27.6. The summed E-state index contributed by atoms with van der Waals surface area (Å²) in [7, 11) is -3.14. The zero-order valence-corrected chi connectivity index (χ0v) is 15.8. The molecule has 142 valence electrons. The average molecular weight is 380 g/mol. The van der Waals surface area contributed by atoms with Gasteiger partial charge in [-0.1, -0.05) is 6.07 Å². The molecular weight excluding hydrogens is 356 g/mol. The van der Waals surface area contributed by atoms with Gasteiger partial charge in [-0.2, -0.15) is 0 Å². The minimum atomic E-state index is -3.14. The molecule has 2 N–H and O–H groups in total. The zero-order chi connectivity index (χ0) is 18.9. The van der Waals surface area contributed by atoms with E-state index in [1.807, 2.05) is 13.0 Å². The molecule has 8 nitrogen and oxygen atoms in total. The van der Waals surface area contributed by atoms with Gasteiger partial charge in [0.05, 0.1) is 16.7 Å². The molecule has 2 heterocycles. The molecule has 1 aromatic carbocycles. The first-order valence-electron chi connectivity index (χ1n) is 8.71. The number of urea groups is 2. The Hall–Kier alpha value is -2.29. The monoisotopic (exact) mass is 380 g/mol. The minimum Gasteiger partial charge on any atom is -0.336 e. The van der Waals surface area contributed by atoms with Crippen LogP contribution in [0.15, 0.2) is 18.2 Å². The lowest BCUT2D eigenvalue weighted by atomic mass is 10.1. The average Bonchev–Trinajstić information content (AvgIpc) is 2.96. The van der Waals surface area contributed by atoms with E-state index in [9.17, 15) is 18.0 Å². The lowest BCUT2D eigenvalue weighted by Crippen LogP contribution is -2.37. The second kappa shape index (κ2) is 7.14. The van der Waals surface area contributed by atoms with Crippen LogP contribution in [0.1, 0.15) is 18.9 Å². The second-order valence-corrected chi connectivity index (χ2v) is 9.31. The SMILES string of the molecule is Cc1ccc(NC(=O)N2CCC(C)S(=O)(=O)CC2)cc1N1CCNC1=O. The minimum absolute atomic E-state index is 0.0192. The molecule has 0 spiro atoms. The molecule has 9 heteroatoms. The first kappa shape index (κ1) is 18.5. The first-order chi connectivity index (χ1) is 12.3. The van der Waals surface area contributed by atoms with E-state index in [4.69, 9.17) is 0 Å². The van der Waals surface area contributed by atoms with Gasteiger partial charge in [0, 0.05) is 31.9 Å². The highest BCUT2D eigenvalue weighted by atomic mass is 32.2. The van der Waals surface area contributed by atoms with E-state index in [1.165, 1.54) is 4.90 Å². The molecule has 0 aliphatic carbocycles. The lowest BCUT2D eigenvalue weighted by molar-refractivity contribution is 0.215. The summed E-state index contributed by atoms with van der Waals surface area (Å²) in [5, 5.41) is 5.15. The fraction of sp³-hybridized carbons (Fsp3) is 0.529. The number of carbonyl (C=O) groups excluding carboxylic acids is 2. The van der Waals surface area contributed by atoms with Crippen molar-refractivity contribution in [2.75, 3.05) is 42.1 Å². The summed E-state index contributed by atoms with van der Waals surface area (Å²) in [6, 6.07) is 4.93. The van der Waals surface area contributed by atoms with Gasteiger partial charge in [0.15, 0.2) is 9.84 Å². The Morgan fingerprint density at radius 2 is 2.04 bits per heavy atom. The quantitative estimate of drug-likeness (QED) is 0.813. The largest absolute Gasteiger partial charge is 0.336 e. The molecule has 2 aliphatic heterocycles. The van der Waals surface area contributed by atoms with E-state index in [1.54, 1.807) is 24.0 Å². The van der Waals surface area contributed by atoms with E-state index >= 15 is 0 Å². The van der Waals surface area contributed by atoms with Crippen LogP contribution >= 0.6 is 0 Å². The van der Waals surface area contributed by atoms with Crippen LogP contribution in [0.25, 0.3) is 0 Å². The number of sulfone groups is 1. The van der Waals surface area contributed by atoms with Gasteiger partial charge in [-0.15, -0.1) is 0 Å². The van der Waals surface area contributed by atoms with Gasteiger partial charge in [0.25, 0.3) is 0 Å². The number of carbonyl (C=O) groups is 2. The highest BCUT2D eigenvalue weighted by Gasteiger charge is 2.28. The molecule has 1 unspecified atom stereocenters. The van der Waals surface area contributed by atoms with Crippen LogP contribution in [-0.4, -0.2) is 62.6 Å². The number of nitrogens with zero attached hydrogens (tertiary/aromatic N) is 2. The van der Waals surface area contributed by atoms with Crippen molar-refractivity contribution in [3.05, 3.63) is 23.8 Å². The fourth-order valence-electron chi connectivity index (χ4n) is 3.15. The molecule has 0 aromatic heterocycles. The molecule has 4 amide bonds. The summed E-state index contributed by atoms with van der Waals surface area (Å²) in [6.07, 6.45) is 0.433. The normalized spacial score (nSPS) is 22.7. The molecule has 26 heavy (non-hydrogen) atoms.